The van der Waals surface area contributed by atoms with Gasteiger partial charge in [0.25, 0.3) is 0 Å². The molecular formula is C14H21IS. The van der Waals surface area contributed by atoms with Crippen molar-refractivity contribution in [2.24, 2.45) is 0 Å². The summed E-state index contributed by atoms with van der Waals surface area (Å²) in [6.45, 7) is 2.26. The Bertz CT molecular complexity index is 289. The minimum atomic E-state index is 1.09. The molecule has 0 saturated heterocycles. The van der Waals surface area contributed by atoms with Crippen LogP contribution in [0.5, 0.6) is 0 Å². The van der Waals surface area contributed by atoms with Crippen LogP contribution in [0, 0.1) is 3.57 Å². The van der Waals surface area contributed by atoms with Gasteiger partial charge in [0.15, 0.2) is 0 Å². The molecule has 0 aliphatic carbocycles. The fourth-order valence-corrected chi connectivity index (χ4v) is 3.17. The second-order valence-electron chi connectivity index (χ2n) is 4.34. The first-order valence-electron chi connectivity index (χ1n) is 6.21. The number of unbranched alkanes of at least 4 members (excludes halogenated alkanes) is 5. The van der Waals surface area contributed by atoms with E-state index in [2.05, 4.69) is 60.3 Å². The van der Waals surface area contributed by atoms with Gasteiger partial charge >= 0.3 is 0 Å². The summed E-state index contributed by atoms with van der Waals surface area (Å²) >= 11 is 6.77. The maximum absolute atomic E-state index is 4.41. The van der Waals surface area contributed by atoms with Crippen molar-refractivity contribution in [1.29, 1.82) is 0 Å². The van der Waals surface area contributed by atoms with Crippen molar-refractivity contribution in [2.75, 3.05) is 0 Å². The van der Waals surface area contributed by atoms with Crippen molar-refractivity contribution in [2.45, 2.75) is 56.8 Å². The predicted octanol–water partition coefficient (Wildman–Crippen LogP) is 5.48. The molecule has 0 aromatic heterocycles. The molecule has 90 valence electrons. The number of rotatable bonds is 7. The summed E-state index contributed by atoms with van der Waals surface area (Å²) in [6.07, 6.45) is 9.41. The second-order valence-corrected chi connectivity index (χ2v) is 6.10. The summed E-state index contributed by atoms with van der Waals surface area (Å²) in [5.41, 5.74) is 1.44. The minimum absolute atomic E-state index is 1.09. The molecule has 1 rings (SSSR count). The fraction of sp³-hybridized carbons (Fsp3) is 0.571. The van der Waals surface area contributed by atoms with Gasteiger partial charge in [0.1, 0.15) is 0 Å². The largest absolute Gasteiger partial charge is 0.143 e. The van der Waals surface area contributed by atoms with Gasteiger partial charge in [0.05, 0.1) is 0 Å². The molecule has 0 spiro atoms. The number of halogens is 1. The van der Waals surface area contributed by atoms with Crippen molar-refractivity contribution < 1.29 is 0 Å². The highest BCUT2D eigenvalue weighted by atomic mass is 127. The van der Waals surface area contributed by atoms with Crippen LogP contribution in [0.3, 0.4) is 0 Å². The predicted molar refractivity (Wildman–Crippen MR) is 83.5 cm³/mol. The quantitative estimate of drug-likeness (QED) is 0.376. The fourth-order valence-electron chi connectivity index (χ4n) is 1.89. The highest BCUT2D eigenvalue weighted by molar-refractivity contribution is 14.1. The van der Waals surface area contributed by atoms with Crippen LogP contribution in [0.4, 0.5) is 0 Å². The van der Waals surface area contributed by atoms with Crippen LogP contribution in [-0.2, 0) is 6.42 Å². The Morgan fingerprint density at radius 3 is 2.38 bits per heavy atom. The molecule has 2 heteroatoms. The first kappa shape index (κ1) is 14.4. The lowest BCUT2D eigenvalue weighted by atomic mass is 10.1. The van der Waals surface area contributed by atoms with Crippen LogP contribution in [0.15, 0.2) is 23.1 Å². The molecule has 0 saturated carbocycles. The normalized spacial score (nSPS) is 10.7. The monoisotopic (exact) mass is 348 g/mol. The van der Waals surface area contributed by atoms with Gasteiger partial charge in [-0.15, -0.1) is 12.6 Å². The van der Waals surface area contributed by atoms with E-state index in [-0.39, 0.29) is 0 Å². The molecule has 0 aliphatic heterocycles. The van der Waals surface area contributed by atoms with Crippen LogP contribution in [0.1, 0.15) is 51.0 Å². The molecule has 0 N–H and O–H groups in total. The zero-order chi connectivity index (χ0) is 11.8. The Morgan fingerprint density at radius 2 is 1.69 bits per heavy atom. The number of hydrogen-bond acceptors (Lipinski definition) is 1. The average molecular weight is 348 g/mol. The van der Waals surface area contributed by atoms with Gasteiger partial charge in [-0.05, 0) is 59.2 Å². The summed E-state index contributed by atoms with van der Waals surface area (Å²) in [6, 6.07) is 6.57. The molecular weight excluding hydrogens is 327 g/mol. The Hall–Kier alpha value is 0.300. The highest BCUT2D eigenvalue weighted by Crippen LogP contribution is 2.17. The molecule has 0 bridgehead atoms. The lowest BCUT2D eigenvalue weighted by Gasteiger charge is -2.04. The van der Waals surface area contributed by atoms with Crippen LogP contribution in [-0.4, -0.2) is 0 Å². The number of benzene rings is 1. The Labute approximate surface area is 119 Å². The molecule has 1 aromatic carbocycles. The van der Waals surface area contributed by atoms with Crippen molar-refractivity contribution in [3.63, 3.8) is 0 Å². The minimum Gasteiger partial charge on any atom is -0.143 e. The number of aryl methyl sites for hydroxylation is 1. The topological polar surface area (TPSA) is 0 Å². The van der Waals surface area contributed by atoms with Gasteiger partial charge in [-0.1, -0.05) is 39.0 Å². The number of thiol groups is 1. The molecule has 0 fully saturated rings. The molecule has 0 amide bonds. The zero-order valence-corrected chi connectivity index (χ0v) is 13.1. The first-order chi connectivity index (χ1) is 7.72. The van der Waals surface area contributed by atoms with Crippen molar-refractivity contribution in [1.82, 2.24) is 0 Å². The van der Waals surface area contributed by atoms with Crippen LogP contribution < -0.4 is 0 Å². The van der Waals surface area contributed by atoms with E-state index in [0.717, 1.165) is 4.90 Å². The first-order valence-corrected chi connectivity index (χ1v) is 7.73. The Balaban J connectivity index is 2.21. The van der Waals surface area contributed by atoms with Crippen molar-refractivity contribution in [3.8, 4) is 0 Å². The second kappa shape index (κ2) is 8.40. The molecule has 0 radical (unpaired) electrons. The van der Waals surface area contributed by atoms with Gasteiger partial charge in [-0.25, -0.2) is 0 Å². The zero-order valence-electron chi connectivity index (χ0n) is 10.0. The molecule has 1 aromatic rings. The highest BCUT2D eigenvalue weighted by Gasteiger charge is 1.97. The van der Waals surface area contributed by atoms with E-state index in [1.54, 1.807) is 0 Å². The summed E-state index contributed by atoms with van der Waals surface area (Å²) < 4.78 is 1.30. The van der Waals surface area contributed by atoms with E-state index < -0.39 is 0 Å². The van der Waals surface area contributed by atoms with E-state index in [9.17, 15) is 0 Å². The molecule has 0 aliphatic rings. The van der Waals surface area contributed by atoms with Crippen LogP contribution >= 0.6 is 35.2 Å². The summed E-state index contributed by atoms with van der Waals surface area (Å²) in [7, 11) is 0. The molecule has 16 heavy (non-hydrogen) atoms. The standard InChI is InChI=1S/C14H21IS/c1-2-3-4-5-6-7-8-12-9-13(15)11-14(16)10-12/h9-11,16H,2-8H2,1H3. The van der Waals surface area contributed by atoms with Gasteiger partial charge in [0, 0.05) is 8.47 Å². The van der Waals surface area contributed by atoms with E-state index in [1.807, 2.05) is 0 Å². The Morgan fingerprint density at radius 1 is 1.00 bits per heavy atom. The summed E-state index contributed by atoms with van der Waals surface area (Å²) in [5, 5.41) is 0. The number of hydrogen-bond donors (Lipinski definition) is 1. The lowest BCUT2D eigenvalue weighted by Crippen LogP contribution is -1.88. The van der Waals surface area contributed by atoms with Gasteiger partial charge in [0.2, 0.25) is 0 Å². The molecule has 0 heterocycles. The lowest BCUT2D eigenvalue weighted by molar-refractivity contribution is 0.607. The Kier molecular flexibility index (Phi) is 7.54. The van der Waals surface area contributed by atoms with Gasteiger partial charge < -0.3 is 0 Å². The van der Waals surface area contributed by atoms with Crippen LogP contribution in [0.2, 0.25) is 0 Å². The average Bonchev–Trinajstić information content (AvgIpc) is 2.22. The third-order valence-electron chi connectivity index (χ3n) is 2.76. The van der Waals surface area contributed by atoms with Gasteiger partial charge in [-0.2, -0.15) is 0 Å². The SMILES string of the molecule is CCCCCCCCc1cc(S)cc(I)c1. The molecule has 0 unspecified atom stereocenters. The van der Waals surface area contributed by atoms with Crippen molar-refractivity contribution in [3.05, 3.63) is 27.3 Å². The van der Waals surface area contributed by atoms with E-state index in [0.29, 0.717) is 0 Å². The maximum Gasteiger partial charge on any atom is 0.0144 e. The smallest absolute Gasteiger partial charge is 0.0144 e. The third-order valence-corrected chi connectivity index (χ3v) is 3.64. The molecule has 0 nitrogen and oxygen atoms in total. The summed E-state index contributed by atoms with van der Waals surface area (Å²) in [5.74, 6) is 0. The third kappa shape index (κ3) is 6.14. The summed E-state index contributed by atoms with van der Waals surface area (Å²) in [4.78, 5) is 1.09. The van der Waals surface area contributed by atoms with Gasteiger partial charge in [-0.3, -0.25) is 0 Å². The molecule has 0 atom stereocenters. The van der Waals surface area contributed by atoms with E-state index in [4.69, 9.17) is 0 Å². The van der Waals surface area contributed by atoms with E-state index in [1.165, 1.54) is 54.1 Å². The maximum atomic E-state index is 4.41. The van der Waals surface area contributed by atoms with Crippen LogP contribution in [0.25, 0.3) is 0 Å². The van der Waals surface area contributed by atoms with Crippen molar-refractivity contribution >= 4 is 35.2 Å². The van der Waals surface area contributed by atoms with E-state index >= 15 is 0 Å².